The van der Waals surface area contributed by atoms with Crippen LogP contribution >= 0.6 is 23.4 Å². The molecule has 37 heavy (non-hydrogen) atoms. The van der Waals surface area contributed by atoms with Gasteiger partial charge in [-0.3, -0.25) is 14.5 Å². The molecule has 4 amide bonds. The summed E-state index contributed by atoms with van der Waals surface area (Å²) in [5.41, 5.74) is 1.87. The lowest BCUT2D eigenvalue weighted by atomic mass is 10.1. The first-order valence-corrected chi connectivity index (χ1v) is 13.7. The number of nitrogens with one attached hydrogen (secondary N) is 1. The molecule has 0 radical (unpaired) electrons. The van der Waals surface area contributed by atoms with Gasteiger partial charge in [-0.25, -0.2) is 4.79 Å². The number of hydrogen-bond donors (Lipinski definition) is 1. The fourth-order valence-electron chi connectivity index (χ4n) is 4.68. The third-order valence-corrected chi connectivity index (χ3v) is 7.93. The van der Waals surface area contributed by atoms with Crippen LogP contribution in [0.15, 0.2) is 53.9 Å². The Labute approximate surface area is 224 Å². The highest BCUT2D eigenvalue weighted by molar-refractivity contribution is 8.03. The van der Waals surface area contributed by atoms with Gasteiger partial charge in [-0.2, -0.15) is 0 Å². The molecule has 3 aliphatic heterocycles. The van der Waals surface area contributed by atoms with E-state index in [0.29, 0.717) is 55.4 Å². The smallest absolute Gasteiger partial charge is 0.327 e. The molecule has 2 aromatic rings. The molecule has 0 spiro atoms. The van der Waals surface area contributed by atoms with Gasteiger partial charge < -0.3 is 19.7 Å². The maximum atomic E-state index is 13.3. The van der Waals surface area contributed by atoms with Crippen molar-refractivity contribution >= 4 is 41.2 Å². The number of imide groups is 1. The van der Waals surface area contributed by atoms with Gasteiger partial charge in [0.05, 0.1) is 6.04 Å². The van der Waals surface area contributed by atoms with Gasteiger partial charge in [-0.05, 0) is 53.6 Å². The van der Waals surface area contributed by atoms with Gasteiger partial charge in [-0.15, -0.1) is 11.8 Å². The minimum atomic E-state index is -0.321. The molecule has 1 fully saturated rings. The van der Waals surface area contributed by atoms with Crippen LogP contribution < -0.4 is 14.8 Å². The maximum absolute atomic E-state index is 13.3. The molecular weight excluding hydrogens is 514 g/mol. The van der Waals surface area contributed by atoms with Crippen LogP contribution in [0.4, 0.5) is 4.79 Å². The number of urea groups is 1. The molecule has 3 heterocycles. The molecule has 2 unspecified atom stereocenters. The summed E-state index contributed by atoms with van der Waals surface area (Å²) in [7, 11) is 0. The molecule has 2 atom stereocenters. The lowest BCUT2D eigenvalue weighted by molar-refractivity contribution is -0.131. The number of halogens is 1. The fourth-order valence-corrected chi connectivity index (χ4v) is 5.95. The molecule has 2 aromatic carbocycles. The third kappa shape index (κ3) is 5.88. The van der Waals surface area contributed by atoms with E-state index in [-0.39, 0.29) is 35.9 Å². The fraction of sp³-hybridized carbons (Fsp3) is 0.370. The Hall–Kier alpha value is -3.17. The first kappa shape index (κ1) is 25.5. The number of benzene rings is 2. The van der Waals surface area contributed by atoms with Crippen molar-refractivity contribution in [1.82, 2.24) is 15.1 Å². The van der Waals surface area contributed by atoms with E-state index in [1.165, 1.54) is 16.7 Å². The van der Waals surface area contributed by atoms with Gasteiger partial charge in [0.15, 0.2) is 11.5 Å². The topological polar surface area (TPSA) is 88.2 Å². The van der Waals surface area contributed by atoms with Gasteiger partial charge in [0.25, 0.3) is 0 Å². The summed E-state index contributed by atoms with van der Waals surface area (Å²) < 4.78 is 10.7. The minimum absolute atomic E-state index is 0.0354. The van der Waals surface area contributed by atoms with Gasteiger partial charge in [0.2, 0.25) is 18.6 Å². The zero-order valence-electron chi connectivity index (χ0n) is 20.2. The summed E-state index contributed by atoms with van der Waals surface area (Å²) in [6, 6.07) is 12.5. The van der Waals surface area contributed by atoms with E-state index < -0.39 is 0 Å². The zero-order valence-corrected chi connectivity index (χ0v) is 21.8. The molecule has 0 saturated carbocycles. The predicted octanol–water partition coefficient (Wildman–Crippen LogP) is 4.71. The van der Waals surface area contributed by atoms with Crippen LogP contribution in [0.2, 0.25) is 5.02 Å². The van der Waals surface area contributed by atoms with Crippen molar-refractivity contribution in [1.29, 1.82) is 0 Å². The highest BCUT2D eigenvalue weighted by Crippen LogP contribution is 2.35. The number of fused-ring (bicyclic) bond motifs is 2. The standard InChI is InChI=1S/C27H28ClN3O5S/c28-20-6-4-5-19(13-20)16-31-21-10-12-37-25(21)26(33)30(27(31)34)11-3-1-2-7-24(32)29-15-18-8-9-22-23(14-18)36-17-35-22/h4-6,8-10,12-14,21,25H,1-3,7,11,15-17H2,(H,29,32). The van der Waals surface area contributed by atoms with Crippen molar-refractivity contribution in [3.05, 3.63) is 70.1 Å². The van der Waals surface area contributed by atoms with Crippen LogP contribution in [0.1, 0.15) is 36.8 Å². The van der Waals surface area contributed by atoms with E-state index in [9.17, 15) is 14.4 Å². The monoisotopic (exact) mass is 541 g/mol. The highest BCUT2D eigenvalue weighted by Gasteiger charge is 2.46. The number of amides is 4. The van der Waals surface area contributed by atoms with E-state index in [4.69, 9.17) is 21.1 Å². The van der Waals surface area contributed by atoms with Crippen molar-refractivity contribution in [3.8, 4) is 11.5 Å². The van der Waals surface area contributed by atoms with Crippen LogP contribution in [-0.4, -0.2) is 52.3 Å². The largest absolute Gasteiger partial charge is 0.454 e. The SMILES string of the molecule is O=C(CCCCCN1C(=O)C2SC=CC2N(Cc2cccc(Cl)c2)C1=O)NCc1ccc2c(c1)OCO2. The van der Waals surface area contributed by atoms with Crippen molar-refractivity contribution < 1.29 is 23.9 Å². The van der Waals surface area contributed by atoms with E-state index in [1.807, 2.05) is 47.9 Å². The Morgan fingerprint density at radius 1 is 1.05 bits per heavy atom. The van der Waals surface area contributed by atoms with Crippen molar-refractivity contribution in [2.75, 3.05) is 13.3 Å². The number of hydrogen-bond acceptors (Lipinski definition) is 6. The molecule has 3 aliphatic rings. The second-order valence-electron chi connectivity index (χ2n) is 9.18. The summed E-state index contributed by atoms with van der Waals surface area (Å²) in [6.07, 6.45) is 4.38. The molecule has 0 aromatic heterocycles. The predicted molar refractivity (Wildman–Crippen MR) is 141 cm³/mol. The highest BCUT2D eigenvalue weighted by atomic mass is 35.5. The number of carbonyl (C=O) groups excluding carboxylic acids is 3. The normalized spacial score (nSPS) is 19.9. The minimum Gasteiger partial charge on any atom is -0.454 e. The Bertz CT molecular complexity index is 1220. The summed E-state index contributed by atoms with van der Waals surface area (Å²) in [5, 5.41) is 5.12. The van der Waals surface area contributed by atoms with E-state index in [1.54, 1.807) is 11.0 Å². The lowest BCUT2D eigenvalue weighted by Gasteiger charge is -2.41. The molecule has 0 bridgehead atoms. The molecule has 194 valence electrons. The van der Waals surface area contributed by atoms with Crippen molar-refractivity contribution in [2.45, 2.75) is 50.1 Å². The summed E-state index contributed by atoms with van der Waals surface area (Å²) in [5.74, 6) is 1.23. The van der Waals surface area contributed by atoms with Crippen molar-refractivity contribution in [2.24, 2.45) is 0 Å². The third-order valence-electron chi connectivity index (χ3n) is 6.61. The van der Waals surface area contributed by atoms with Crippen LogP contribution in [0.25, 0.3) is 0 Å². The molecular formula is C27H28ClN3O5S. The van der Waals surface area contributed by atoms with Gasteiger partial charge in [0.1, 0.15) is 5.25 Å². The van der Waals surface area contributed by atoms with Crippen LogP contribution in [0.5, 0.6) is 11.5 Å². The molecule has 0 aliphatic carbocycles. The average molecular weight is 542 g/mol. The Morgan fingerprint density at radius 3 is 2.78 bits per heavy atom. The van der Waals surface area contributed by atoms with Crippen LogP contribution in [0, 0.1) is 0 Å². The molecule has 8 nitrogen and oxygen atoms in total. The van der Waals surface area contributed by atoms with E-state index in [0.717, 1.165) is 17.5 Å². The first-order chi connectivity index (χ1) is 18.0. The van der Waals surface area contributed by atoms with Crippen LogP contribution in [-0.2, 0) is 22.7 Å². The van der Waals surface area contributed by atoms with Crippen LogP contribution in [0.3, 0.4) is 0 Å². The van der Waals surface area contributed by atoms with Gasteiger partial charge >= 0.3 is 6.03 Å². The summed E-state index contributed by atoms with van der Waals surface area (Å²) >= 11 is 7.59. The molecule has 5 rings (SSSR count). The van der Waals surface area contributed by atoms with Crippen molar-refractivity contribution in [3.63, 3.8) is 0 Å². The van der Waals surface area contributed by atoms with E-state index >= 15 is 0 Å². The number of rotatable bonds is 10. The zero-order chi connectivity index (χ0) is 25.8. The quantitative estimate of drug-likeness (QED) is 0.438. The number of carbonyl (C=O) groups is 3. The Kier molecular flexibility index (Phi) is 7.90. The summed E-state index contributed by atoms with van der Waals surface area (Å²) in [6.45, 7) is 1.37. The number of unbranched alkanes of at least 4 members (excludes halogenated alkanes) is 2. The average Bonchev–Trinajstić information content (AvgIpc) is 3.56. The molecule has 1 N–H and O–H groups in total. The number of nitrogens with zero attached hydrogens (tertiary/aromatic N) is 2. The first-order valence-electron chi connectivity index (χ1n) is 12.3. The Morgan fingerprint density at radius 2 is 1.92 bits per heavy atom. The van der Waals surface area contributed by atoms with E-state index in [2.05, 4.69) is 5.32 Å². The second-order valence-corrected chi connectivity index (χ2v) is 10.7. The summed E-state index contributed by atoms with van der Waals surface area (Å²) in [4.78, 5) is 41.7. The number of thioether (sulfide) groups is 1. The lowest BCUT2D eigenvalue weighted by Crippen LogP contribution is -2.61. The molecule has 1 saturated heterocycles. The molecule has 10 heteroatoms. The number of ether oxygens (including phenoxy) is 2. The van der Waals surface area contributed by atoms with Gasteiger partial charge in [0, 0.05) is 31.1 Å². The maximum Gasteiger partial charge on any atom is 0.327 e. The second kappa shape index (κ2) is 11.5. The Balaban J connectivity index is 1.08. The van der Waals surface area contributed by atoms with Gasteiger partial charge in [-0.1, -0.05) is 42.3 Å².